The summed E-state index contributed by atoms with van der Waals surface area (Å²) < 4.78 is 1.92. The molecule has 28 valence electrons. The highest BCUT2D eigenvalue weighted by Crippen LogP contribution is 1.29. The van der Waals surface area contributed by atoms with Crippen LogP contribution in [0.15, 0.2) is 0 Å². The van der Waals surface area contributed by atoms with Crippen LogP contribution in [-0.4, -0.2) is 10.2 Å². The average molecular weight is 122 g/mol. The van der Waals surface area contributed by atoms with Crippen LogP contribution in [0.2, 0.25) is 0 Å². The van der Waals surface area contributed by atoms with Crippen molar-refractivity contribution in [2.45, 2.75) is 0 Å². The largest absolute Gasteiger partial charge is 0.0973 e. The molecule has 0 aromatic rings. The lowest BCUT2D eigenvalue weighted by Crippen LogP contribution is -0.917. The highest BCUT2D eigenvalue weighted by atomic mass is 32.1. The summed E-state index contributed by atoms with van der Waals surface area (Å²) in [6, 6.07) is 0. The second-order valence-corrected chi connectivity index (χ2v) is 0.750. The third-order valence-electron chi connectivity index (χ3n) is 0. The third kappa shape index (κ3) is 239. The Bertz CT molecular complexity index is 34.2. The number of rotatable bonds is 0. The summed E-state index contributed by atoms with van der Waals surface area (Å²) in [5.41, 5.74) is 0. The molecule has 0 amide bonds. The van der Waals surface area contributed by atoms with Gasteiger partial charge in [0.15, 0.2) is 0 Å². The highest BCUT2D eigenvalue weighted by Gasteiger charge is 1.01. The molecule has 0 aromatic carbocycles. The quantitative estimate of drug-likeness (QED) is 0.448. The second kappa shape index (κ2) is 27.5. The molecule has 0 aliphatic carbocycles. The normalized spacial score (nSPS) is 2.40. The first-order valence-electron chi connectivity index (χ1n) is 0.697. The molecule has 0 unspecified atom stereocenters. The summed E-state index contributed by atoms with van der Waals surface area (Å²) in [5, 5.41) is 0. The Morgan fingerprint density at radius 3 is 1.20 bits per heavy atom. The standard InChI is InChI=1S/CS2.CH2S/c2-1-3;1-2/h;1H2. The van der Waals surface area contributed by atoms with Crippen LogP contribution in [-0.2, 0) is 0 Å². The first-order valence-corrected chi connectivity index (χ1v) is 2.09. The smallest absolute Gasteiger partial charge is 0.0297 e. The van der Waals surface area contributed by atoms with Gasteiger partial charge in [0.05, 0.1) is 0 Å². The molecule has 3 heteroatoms. The predicted molar refractivity (Wildman–Crippen MR) is 34.9 cm³/mol. The van der Waals surface area contributed by atoms with Gasteiger partial charge in [-0.05, 0) is 30.3 Å². The van der Waals surface area contributed by atoms with Gasteiger partial charge < -0.3 is 0 Å². The second-order valence-electron chi connectivity index (χ2n) is 0.0833. The Kier molecular flexibility index (Phi) is 49.5. The number of hydrogen-bond donors (Lipinski definition) is 0. The summed E-state index contributed by atoms with van der Waals surface area (Å²) in [6.07, 6.45) is 0. The fraction of sp³-hybridized carbons (Fsp3) is 0. The van der Waals surface area contributed by atoms with Crippen molar-refractivity contribution in [3.63, 3.8) is 0 Å². The third-order valence-corrected chi connectivity index (χ3v) is 0. The average Bonchev–Trinajstić information content (AvgIpc) is 1.46. The van der Waals surface area contributed by atoms with Gasteiger partial charge in [-0.3, -0.25) is 0 Å². The molecule has 0 saturated carbocycles. The maximum absolute atomic E-state index is 3.96. The zero-order valence-electron chi connectivity index (χ0n) is 2.43. The van der Waals surface area contributed by atoms with Crippen molar-refractivity contribution in [3.8, 4) is 0 Å². The predicted octanol–water partition coefficient (Wildman–Crippen LogP) is 1.63. The van der Waals surface area contributed by atoms with E-state index in [4.69, 9.17) is 0 Å². The molecule has 0 radical (unpaired) electrons. The molecule has 0 atom stereocenters. The molecule has 0 N–H and O–H groups in total. The van der Waals surface area contributed by atoms with Crippen LogP contribution in [0.25, 0.3) is 0 Å². The molecule has 0 nitrogen and oxygen atoms in total. The van der Waals surface area contributed by atoms with E-state index in [1.54, 1.807) is 0 Å². The summed E-state index contributed by atoms with van der Waals surface area (Å²) in [5.74, 6) is 2.83. The Hall–Kier alpha value is 0.310. The van der Waals surface area contributed by atoms with Gasteiger partial charge in [-0.25, -0.2) is 0 Å². The van der Waals surface area contributed by atoms with E-state index >= 15 is 0 Å². The first kappa shape index (κ1) is 9.00. The van der Waals surface area contributed by atoms with Crippen LogP contribution in [0, 0.1) is 0 Å². The van der Waals surface area contributed by atoms with Gasteiger partial charge in [-0.1, -0.05) is 12.2 Å². The van der Waals surface area contributed by atoms with Gasteiger partial charge in [-0.2, -0.15) is 0 Å². The molecular weight excluding hydrogens is 120 g/mol. The molecule has 0 bridgehead atoms. The van der Waals surface area contributed by atoms with Crippen molar-refractivity contribution in [1.29, 1.82) is 0 Å². The molecule has 0 saturated heterocycles. The van der Waals surface area contributed by atoms with Gasteiger partial charge in [-0.15, -0.1) is 0 Å². The first-order chi connectivity index (χ1) is 2.41. The van der Waals surface area contributed by atoms with Gasteiger partial charge in [0, 0.05) is 4.31 Å². The zero-order valence-corrected chi connectivity index (χ0v) is 4.88. The van der Waals surface area contributed by atoms with Crippen molar-refractivity contribution >= 4 is 46.8 Å². The van der Waals surface area contributed by atoms with E-state index in [0.717, 1.165) is 0 Å². The Balaban J connectivity index is 0. The molecule has 0 aliphatic heterocycles. The van der Waals surface area contributed by atoms with E-state index in [2.05, 4.69) is 42.5 Å². The Labute approximate surface area is 47.2 Å². The Morgan fingerprint density at radius 1 is 1.20 bits per heavy atom. The Morgan fingerprint density at radius 2 is 1.20 bits per heavy atom. The fourth-order valence-corrected chi connectivity index (χ4v) is 0. The maximum Gasteiger partial charge on any atom is 0.0297 e. The molecule has 0 fully saturated rings. The van der Waals surface area contributed by atoms with Crippen molar-refractivity contribution in [2.24, 2.45) is 0 Å². The van der Waals surface area contributed by atoms with Crippen LogP contribution in [0.3, 0.4) is 0 Å². The van der Waals surface area contributed by atoms with Crippen molar-refractivity contribution < 1.29 is 0 Å². The summed E-state index contributed by atoms with van der Waals surface area (Å²) in [6.45, 7) is 0. The van der Waals surface area contributed by atoms with Crippen LogP contribution < -0.4 is 0 Å². The lowest BCUT2D eigenvalue weighted by Gasteiger charge is -0.992. The minimum atomic E-state index is 1.92. The number of hydrogen-bond acceptors (Lipinski definition) is 3. The fourth-order valence-electron chi connectivity index (χ4n) is 0. The lowest BCUT2D eigenvalue weighted by atomic mass is 12.0. The van der Waals surface area contributed by atoms with Gasteiger partial charge in [0.25, 0.3) is 0 Å². The topological polar surface area (TPSA) is 0 Å². The maximum atomic E-state index is 3.96. The summed E-state index contributed by atoms with van der Waals surface area (Å²) in [7, 11) is 0. The van der Waals surface area contributed by atoms with Gasteiger partial charge >= 0.3 is 0 Å². The van der Waals surface area contributed by atoms with Crippen LogP contribution >= 0.6 is 36.7 Å². The minimum Gasteiger partial charge on any atom is -0.0973 e. The zero-order chi connectivity index (χ0) is 4.71. The van der Waals surface area contributed by atoms with Gasteiger partial charge in [0.1, 0.15) is 0 Å². The highest BCUT2D eigenvalue weighted by molar-refractivity contribution is 7.93. The molecule has 0 rings (SSSR count). The van der Waals surface area contributed by atoms with Crippen molar-refractivity contribution in [2.75, 3.05) is 0 Å². The minimum absolute atomic E-state index is 1.92. The summed E-state index contributed by atoms with van der Waals surface area (Å²) in [4.78, 5) is 0. The van der Waals surface area contributed by atoms with E-state index < -0.39 is 0 Å². The van der Waals surface area contributed by atoms with Crippen LogP contribution in [0.4, 0.5) is 0 Å². The lowest BCUT2D eigenvalue weighted by molar-refractivity contribution is 4.67. The van der Waals surface area contributed by atoms with Crippen LogP contribution in [0.1, 0.15) is 0 Å². The van der Waals surface area contributed by atoms with E-state index in [9.17, 15) is 0 Å². The van der Waals surface area contributed by atoms with E-state index in [1.165, 1.54) is 0 Å². The van der Waals surface area contributed by atoms with Crippen molar-refractivity contribution in [1.82, 2.24) is 0 Å². The number of thiocarbonyl (C=S) groups is 3. The van der Waals surface area contributed by atoms with E-state index in [0.29, 0.717) is 0 Å². The van der Waals surface area contributed by atoms with Crippen LogP contribution in [0.5, 0.6) is 0 Å². The van der Waals surface area contributed by atoms with Crippen molar-refractivity contribution in [3.05, 3.63) is 0 Å². The van der Waals surface area contributed by atoms with Gasteiger partial charge in [0.2, 0.25) is 0 Å². The molecule has 0 heterocycles. The monoisotopic (exact) mass is 122 g/mol. The molecule has 0 spiro atoms. The summed E-state index contributed by atoms with van der Waals surface area (Å²) >= 11 is 11.8. The SMILES string of the molecule is C=S.S=C=S. The molecule has 0 aromatic heterocycles. The van der Waals surface area contributed by atoms with E-state index in [1.807, 2.05) is 4.31 Å². The molecule has 5 heavy (non-hydrogen) atoms. The molecule has 0 aliphatic rings. The molecular formula is C2H2S3. The van der Waals surface area contributed by atoms with E-state index in [-0.39, 0.29) is 0 Å².